The quantitative estimate of drug-likeness (QED) is 0.522. The van der Waals surface area contributed by atoms with E-state index in [-0.39, 0.29) is 18.1 Å². The Labute approximate surface area is 178 Å². The first kappa shape index (κ1) is 20.9. The Morgan fingerprint density at radius 1 is 1.24 bits per heavy atom. The third-order valence-corrected chi connectivity index (χ3v) is 5.62. The van der Waals surface area contributed by atoms with E-state index < -0.39 is 5.97 Å². The molecule has 0 aromatic heterocycles. The number of aromatic carboxylic acids is 1. The molecule has 8 heteroatoms. The monoisotopic (exact) mass is 429 g/mol. The number of hydrogen-bond acceptors (Lipinski definition) is 6. The van der Waals surface area contributed by atoms with Gasteiger partial charge in [0.05, 0.1) is 17.6 Å². The number of carbonyl (C=O) groups is 2. The molecule has 0 atom stereocenters. The van der Waals surface area contributed by atoms with Gasteiger partial charge in [-0.3, -0.25) is 9.69 Å². The summed E-state index contributed by atoms with van der Waals surface area (Å²) in [6.45, 7) is 2.63. The summed E-state index contributed by atoms with van der Waals surface area (Å²) in [5.41, 5.74) is 1.73. The fraction of sp³-hybridized carbons (Fsp3) is 0.190. The lowest BCUT2D eigenvalue weighted by atomic mass is 10.1. The van der Waals surface area contributed by atoms with Crippen molar-refractivity contribution in [3.05, 3.63) is 64.1 Å². The molecular formula is C21H19NO5S2. The van der Waals surface area contributed by atoms with Crippen LogP contribution in [-0.4, -0.2) is 39.9 Å². The molecule has 1 saturated heterocycles. The van der Waals surface area contributed by atoms with Gasteiger partial charge in [-0.1, -0.05) is 42.2 Å². The SMILES string of the molecule is CCN1C(=O)C(=Cc2ccc(OCc3cccc(C(=O)O)c3)c(OC)c2)SC1=S. The molecule has 2 aromatic rings. The molecule has 1 fully saturated rings. The summed E-state index contributed by atoms with van der Waals surface area (Å²) in [6, 6.07) is 11.9. The van der Waals surface area contributed by atoms with E-state index in [0.717, 1.165) is 11.1 Å². The van der Waals surface area contributed by atoms with Crippen molar-refractivity contribution in [1.82, 2.24) is 4.90 Å². The minimum Gasteiger partial charge on any atom is -0.493 e. The highest BCUT2D eigenvalue weighted by atomic mass is 32.2. The van der Waals surface area contributed by atoms with Gasteiger partial charge in [-0.2, -0.15) is 0 Å². The number of rotatable bonds is 7. The van der Waals surface area contributed by atoms with Gasteiger partial charge in [-0.15, -0.1) is 0 Å². The molecule has 3 rings (SSSR count). The van der Waals surface area contributed by atoms with E-state index in [1.54, 1.807) is 41.3 Å². The van der Waals surface area contributed by atoms with Crippen LogP contribution in [-0.2, 0) is 11.4 Å². The molecule has 150 valence electrons. The topological polar surface area (TPSA) is 76.1 Å². The van der Waals surface area contributed by atoms with E-state index in [1.807, 2.05) is 13.0 Å². The van der Waals surface area contributed by atoms with E-state index in [9.17, 15) is 9.59 Å². The molecular weight excluding hydrogens is 410 g/mol. The van der Waals surface area contributed by atoms with Gasteiger partial charge in [0.2, 0.25) is 0 Å². The predicted molar refractivity (Wildman–Crippen MR) is 116 cm³/mol. The Kier molecular flexibility index (Phi) is 6.56. The molecule has 0 radical (unpaired) electrons. The van der Waals surface area contributed by atoms with Crippen molar-refractivity contribution in [2.75, 3.05) is 13.7 Å². The number of thiocarbonyl (C=S) groups is 1. The number of carbonyl (C=O) groups excluding carboxylic acids is 1. The van der Waals surface area contributed by atoms with Crippen LogP contribution in [0.25, 0.3) is 6.08 Å². The molecule has 6 nitrogen and oxygen atoms in total. The van der Waals surface area contributed by atoms with Crippen LogP contribution in [0.4, 0.5) is 0 Å². The van der Waals surface area contributed by atoms with Gasteiger partial charge in [0.15, 0.2) is 11.5 Å². The Morgan fingerprint density at radius 2 is 2.03 bits per heavy atom. The molecule has 2 aromatic carbocycles. The Hall–Kier alpha value is -2.84. The second-order valence-corrected chi connectivity index (χ2v) is 7.81. The van der Waals surface area contributed by atoms with Gasteiger partial charge in [-0.25, -0.2) is 4.79 Å². The predicted octanol–water partition coefficient (Wildman–Crippen LogP) is 4.19. The average molecular weight is 430 g/mol. The minimum absolute atomic E-state index is 0.0971. The maximum Gasteiger partial charge on any atom is 0.335 e. The molecule has 0 bridgehead atoms. The van der Waals surface area contributed by atoms with Crippen LogP contribution in [0.3, 0.4) is 0 Å². The van der Waals surface area contributed by atoms with Gasteiger partial charge in [0.1, 0.15) is 10.9 Å². The summed E-state index contributed by atoms with van der Waals surface area (Å²) in [7, 11) is 1.54. The number of carboxylic acids is 1. The molecule has 29 heavy (non-hydrogen) atoms. The van der Waals surface area contributed by atoms with E-state index >= 15 is 0 Å². The van der Waals surface area contributed by atoms with Crippen molar-refractivity contribution < 1.29 is 24.2 Å². The average Bonchev–Trinajstić information content (AvgIpc) is 2.99. The van der Waals surface area contributed by atoms with Gasteiger partial charge in [0, 0.05) is 6.54 Å². The van der Waals surface area contributed by atoms with Crippen LogP contribution < -0.4 is 9.47 Å². The maximum atomic E-state index is 12.4. The number of likely N-dealkylation sites (N-methyl/N-ethyl adjacent to an activating group) is 1. The van der Waals surface area contributed by atoms with E-state index in [0.29, 0.717) is 27.3 Å². The van der Waals surface area contributed by atoms with Crippen LogP contribution in [0.15, 0.2) is 47.4 Å². The Balaban J connectivity index is 1.77. The van der Waals surface area contributed by atoms with Crippen LogP contribution in [0.5, 0.6) is 11.5 Å². The van der Waals surface area contributed by atoms with Gasteiger partial charge in [0.25, 0.3) is 5.91 Å². The number of benzene rings is 2. The fourth-order valence-corrected chi connectivity index (χ4v) is 4.16. The van der Waals surface area contributed by atoms with Crippen molar-refractivity contribution >= 4 is 46.3 Å². The lowest BCUT2D eigenvalue weighted by molar-refractivity contribution is -0.121. The molecule has 0 unspecified atom stereocenters. The largest absolute Gasteiger partial charge is 0.493 e. The van der Waals surface area contributed by atoms with Crippen molar-refractivity contribution in [2.24, 2.45) is 0 Å². The first-order chi connectivity index (χ1) is 13.9. The lowest BCUT2D eigenvalue weighted by Crippen LogP contribution is -2.27. The summed E-state index contributed by atoms with van der Waals surface area (Å²) < 4.78 is 11.8. The standard InChI is InChI=1S/C21H19NO5S2/c1-3-22-19(23)18(29-21(22)28)11-13-7-8-16(17(10-13)26-2)27-12-14-5-4-6-15(9-14)20(24)25/h4-11H,3,12H2,1-2H3,(H,24,25). The number of amides is 1. The van der Waals surface area contributed by atoms with Gasteiger partial charge < -0.3 is 14.6 Å². The van der Waals surface area contributed by atoms with Gasteiger partial charge in [-0.05, 0) is 48.4 Å². The third kappa shape index (κ3) is 4.78. The lowest BCUT2D eigenvalue weighted by Gasteiger charge is -2.12. The minimum atomic E-state index is -0.984. The van der Waals surface area contributed by atoms with E-state index in [4.69, 9.17) is 26.8 Å². The number of hydrogen-bond donors (Lipinski definition) is 1. The normalized spacial score (nSPS) is 15.1. The fourth-order valence-electron chi connectivity index (χ4n) is 2.77. The van der Waals surface area contributed by atoms with Crippen molar-refractivity contribution in [2.45, 2.75) is 13.5 Å². The highest BCUT2D eigenvalue weighted by Gasteiger charge is 2.30. The third-order valence-electron chi connectivity index (χ3n) is 4.24. The molecule has 1 aliphatic rings. The van der Waals surface area contributed by atoms with Crippen molar-refractivity contribution in [3.63, 3.8) is 0 Å². The molecule has 1 heterocycles. The summed E-state index contributed by atoms with van der Waals surface area (Å²) >= 11 is 6.51. The molecule has 0 saturated carbocycles. The highest BCUT2D eigenvalue weighted by molar-refractivity contribution is 8.26. The second kappa shape index (κ2) is 9.11. The number of methoxy groups -OCH3 is 1. The highest BCUT2D eigenvalue weighted by Crippen LogP contribution is 2.34. The zero-order valence-electron chi connectivity index (χ0n) is 15.9. The van der Waals surface area contributed by atoms with Crippen LogP contribution in [0.1, 0.15) is 28.4 Å². The molecule has 1 amide bonds. The molecule has 0 spiro atoms. The summed E-state index contributed by atoms with van der Waals surface area (Å²) in [6.07, 6.45) is 1.78. The van der Waals surface area contributed by atoms with Crippen molar-refractivity contribution in [1.29, 1.82) is 0 Å². The smallest absolute Gasteiger partial charge is 0.335 e. The molecule has 1 aliphatic heterocycles. The van der Waals surface area contributed by atoms with E-state index in [1.165, 1.54) is 24.9 Å². The number of nitrogens with zero attached hydrogens (tertiary/aromatic N) is 1. The number of ether oxygens (including phenoxy) is 2. The Bertz CT molecular complexity index is 1000. The van der Waals surface area contributed by atoms with Crippen LogP contribution in [0, 0.1) is 0 Å². The zero-order chi connectivity index (χ0) is 21.0. The Morgan fingerprint density at radius 3 is 2.69 bits per heavy atom. The van der Waals surface area contributed by atoms with Gasteiger partial charge >= 0.3 is 5.97 Å². The number of carboxylic acid groups (broad SMARTS) is 1. The molecule has 0 aliphatic carbocycles. The van der Waals surface area contributed by atoms with Crippen LogP contribution >= 0.6 is 24.0 Å². The molecule has 1 N–H and O–H groups in total. The summed E-state index contributed by atoms with van der Waals surface area (Å²) in [5, 5.41) is 9.09. The maximum absolute atomic E-state index is 12.4. The first-order valence-corrected chi connectivity index (χ1v) is 10.0. The van der Waals surface area contributed by atoms with Crippen molar-refractivity contribution in [3.8, 4) is 11.5 Å². The number of thioether (sulfide) groups is 1. The summed E-state index contributed by atoms with van der Waals surface area (Å²) in [4.78, 5) is 25.6. The second-order valence-electron chi connectivity index (χ2n) is 6.13. The zero-order valence-corrected chi connectivity index (χ0v) is 17.5. The first-order valence-electron chi connectivity index (χ1n) is 8.81. The van der Waals surface area contributed by atoms with E-state index in [2.05, 4.69) is 0 Å². The summed E-state index contributed by atoms with van der Waals surface area (Å²) in [5.74, 6) is -0.0482. The van der Waals surface area contributed by atoms with Crippen LogP contribution in [0.2, 0.25) is 0 Å².